The average Bonchev–Trinajstić information content (AvgIpc) is 2.71. The molecule has 4 heteroatoms. The SMILES string of the molecule is COCc1cccc(C(=O)N2C3CCC2CC(O)C3)c1. The minimum absolute atomic E-state index is 0.0994. The molecule has 0 radical (unpaired) electrons. The molecule has 2 unspecified atom stereocenters. The first kappa shape index (κ1) is 13.6. The van der Waals surface area contributed by atoms with Crippen molar-refractivity contribution in [3.8, 4) is 0 Å². The molecule has 3 rings (SSSR count). The van der Waals surface area contributed by atoms with Gasteiger partial charge in [-0.3, -0.25) is 4.79 Å². The lowest BCUT2D eigenvalue weighted by Gasteiger charge is -2.37. The molecule has 2 fully saturated rings. The molecule has 2 saturated heterocycles. The quantitative estimate of drug-likeness (QED) is 0.917. The predicted molar refractivity (Wildman–Crippen MR) is 75.4 cm³/mol. The van der Waals surface area contributed by atoms with Crippen LogP contribution in [-0.2, 0) is 11.3 Å². The average molecular weight is 275 g/mol. The van der Waals surface area contributed by atoms with Gasteiger partial charge in [0.2, 0.25) is 0 Å². The fourth-order valence-electron chi connectivity index (χ4n) is 3.59. The monoisotopic (exact) mass is 275 g/mol. The van der Waals surface area contributed by atoms with E-state index in [0.29, 0.717) is 6.61 Å². The summed E-state index contributed by atoms with van der Waals surface area (Å²) in [4.78, 5) is 14.7. The molecule has 2 heterocycles. The van der Waals surface area contributed by atoms with Crippen LogP contribution in [0.3, 0.4) is 0 Å². The summed E-state index contributed by atoms with van der Waals surface area (Å²) < 4.78 is 5.12. The molecule has 2 bridgehead atoms. The number of rotatable bonds is 3. The van der Waals surface area contributed by atoms with Crippen LogP contribution >= 0.6 is 0 Å². The van der Waals surface area contributed by atoms with Crippen LogP contribution in [0.2, 0.25) is 0 Å². The Kier molecular flexibility index (Phi) is 3.76. The van der Waals surface area contributed by atoms with Gasteiger partial charge in [0.05, 0.1) is 12.7 Å². The van der Waals surface area contributed by atoms with Gasteiger partial charge in [0, 0.05) is 24.8 Å². The number of aliphatic hydroxyl groups excluding tert-OH is 1. The van der Waals surface area contributed by atoms with Gasteiger partial charge in [-0.15, -0.1) is 0 Å². The standard InChI is InChI=1S/C16H21NO3/c1-20-10-11-3-2-4-12(7-11)16(19)17-13-5-6-14(17)9-15(18)8-13/h2-4,7,13-15,18H,5-6,8-10H2,1H3. The molecule has 1 aromatic rings. The van der Waals surface area contributed by atoms with Gasteiger partial charge in [-0.25, -0.2) is 0 Å². The summed E-state index contributed by atoms with van der Waals surface area (Å²) in [5.74, 6) is 0.0994. The van der Waals surface area contributed by atoms with E-state index in [1.165, 1.54) is 0 Å². The van der Waals surface area contributed by atoms with E-state index in [9.17, 15) is 9.90 Å². The first-order chi connectivity index (χ1) is 9.69. The first-order valence-electron chi connectivity index (χ1n) is 7.27. The summed E-state index contributed by atoms with van der Waals surface area (Å²) >= 11 is 0. The van der Waals surface area contributed by atoms with Crippen LogP contribution in [0.5, 0.6) is 0 Å². The van der Waals surface area contributed by atoms with Crippen molar-refractivity contribution in [3.05, 3.63) is 35.4 Å². The minimum Gasteiger partial charge on any atom is -0.393 e. The highest BCUT2D eigenvalue weighted by Crippen LogP contribution is 2.36. The second kappa shape index (κ2) is 5.54. The maximum absolute atomic E-state index is 12.7. The van der Waals surface area contributed by atoms with Gasteiger partial charge in [-0.1, -0.05) is 12.1 Å². The molecule has 108 valence electrons. The predicted octanol–water partition coefficient (Wildman–Crippen LogP) is 1.96. The number of hydrogen-bond acceptors (Lipinski definition) is 3. The van der Waals surface area contributed by atoms with Gasteiger partial charge >= 0.3 is 0 Å². The molecule has 1 aromatic carbocycles. The Hall–Kier alpha value is -1.39. The van der Waals surface area contributed by atoms with Crippen LogP contribution in [0.15, 0.2) is 24.3 Å². The Morgan fingerprint density at radius 2 is 2.05 bits per heavy atom. The summed E-state index contributed by atoms with van der Waals surface area (Å²) in [5, 5.41) is 9.82. The molecule has 4 nitrogen and oxygen atoms in total. The number of carbonyl (C=O) groups excluding carboxylic acids is 1. The normalized spacial score (nSPS) is 28.7. The summed E-state index contributed by atoms with van der Waals surface area (Å²) in [7, 11) is 1.65. The minimum atomic E-state index is -0.239. The second-order valence-corrected chi connectivity index (χ2v) is 5.86. The maximum Gasteiger partial charge on any atom is 0.254 e. The van der Waals surface area contributed by atoms with Crippen molar-refractivity contribution in [2.75, 3.05) is 7.11 Å². The lowest BCUT2D eigenvalue weighted by atomic mass is 9.98. The van der Waals surface area contributed by atoms with Crippen molar-refractivity contribution in [2.45, 2.75) is 50.5 Å². The summed E-state index contributed by atoms with van der Waals surface area (Å²) in [6, 6.07) is 8.07. The van der Waals surface area contributed by atoms with E-state index in [1.54, 1.807) is 7.11 Å². The van der Waals surface area contributed by atoms with Crippen molar-refractivity contribution < 1.29 is 14.6 Å². The molecule has 2 aliphatic rings. The molecule has 0 spiro atoms. The van der Waals surface area contributed by atoms with Gasteiger partial charge in [0.1, 0.15) is 0 Å². The fourth-order valence-corrected chi connectivity index (χ4v) is 3.59. The Morgan fingerprint density at radius 1 is 1.35 bits per heavy atom. The topological polar surface area (TPSA) is 49.8 Å². The van der Waals surface area contributed by atoms with Gasteiger partial charge in [0.25, 0.3) is 5.91 Å². The number of benzene rings is 1. The van der Waals surface area contributed by atoms with Crippen molar-refractivity contribution in [1.82, 2.24) is 4.90 Å². The van der Waals surface area contributed by atoms with E-state index >= 15 is 0 Å². The highest BCUT2D eigenvalue weighted by molar-refractivity contribution is 5.95. The van der Waals surface area contributed by atoms with E-state index in [4.69, 9.17) is 4.74 Å². The van der Waals surface area contributed by atoms with Crippen LogP contribution in [0, 0.1) is 0 Å². The van der Waals surface area contributed by atoms with E-state index in [-0.39, 0.29) is 24.1 Å². The van der Waals surface area contributed by atoms with Gasteiger partial charge in [-0.05, 0) is 43.4 Å². The number of hydrogen-bond donors (Lipinski definition) is 1. The Balaban J connectivity index is 1.81. The largest absolute Gasteiger partial charge is 0.393 e. The zero-order chi connectivity index (χ0) is 14.1. The Labute approximate surface area is 119 Å². The summed E-state index contributed by atoms with van der Waals surface area (Å²) in [6.45, 7) is 0.521. The molecule has 20 heavy (non-hydrogen) atoms. The highest BCUT2D eigenvalue weighted by Gasteiger charge is 2.42. The molecule has 1 N–H and O–H groups in total. The maximum atomic E-state index is 12.7. The third-order valence-corrected chi connectivity index (χ3v) is 4.43. The van der Waals surface area contributed by atoms with Gasteiger partial charge in [0.15, 0.2) is 0 Å². The van der Waals surface area contributed by atoms with E-state index in [0.717, 1.165) is 36.8 Å². The Bertz CT molecular complexity index is 488. The fraction of sp³-hybridized carbons (Fsp3) is 0.562. The molecule has 0 saturated carbocycles. The van der Waals surface area contributed by atoms with Crippen molar-refractivity contribution in [2.24, 2.45) is 0 Å². The number of piperidine rings is 1. The number of aliphatic hydroxyl groups is 1. The van der Waals surface area contributed by atoms with Crippen molar-refractivity contribution >= 4 is 5.91 Å². The zero-order valence-electron chi connectivity index (χ0n) is 11.8. The zero-order valence-corrected chi connectivity index (χ0v) is 11.8. The molecular formula is C16H21NO3. The van der Waals surface area contributed by atoms with Crippen molar-refractivity contribution in [1.29, 1.82) is 0 Å². The number of methoxy groups -OCH3 is 1. The van der Waals surface area contributed by atoms with Crippen molar-refractivity contribution in [3.63, 3.8) is 0 Å². The number of fused-ring (bicyclic) bond motifs is 2. The molecule has 2 atom stereocenters. The lowest BCUT2D eigenvalue weighted by Crippen LogP contribution is -2.48. The third-order valence-electron chi connectivity index (χ3n) is 4.43. The molecule has 0 aromatic heterocycles. The van der Waals surface area contributed by atoms with Crippen LogP contribution in [0.1, 0.15) is 41.6 Å². The second-order valence-electron chi connectivity index (χ2n) is 5.86. The van der Waals surface area contributed by atoms with E-state index < -0.39 is 0 Å². The smallest absolute Gasteiger partial charge is 0.254 e. The molecule has 2 aliphatic heterocycles. The number of ether oxygens (including phenoxy) is 1. The lowest BCUT2D eigenvalue weighted by molar-refractivity contribution is 0.0286. The van der Waals surface area contributed by atoms with Crippen LogP contribution in [-0.4, -0.2) is 41.2 Å². The first-order valence-corrected chi connectivity index (χ1v) is 7.27. The molecule has 0 aliphatic carbocycles. The molecular weight excluding hydrogens is 254 g/mol. The number of carbonyl (C=O) groups is 1. The number of nitrogens with zero attached hydrogens (tertiary/aromatic N) is 1. The third kappa shape index (κ3) is 2.45. The molecule has 1 amide bonds. The van der Waals surface area contributed by atoms with Crippen LogP contribution in [0.25, 0.3) is 0 Å². The van der Waals surface area contributed by atoms with Crippen LogP contribution < -0.4 is 0 Å². The summed E-state index contributed by atoms with van der Waals surface area (Å²) in [5.41, 5.74) is 1.75. The Morgan fingerprint density at radius 3 is 2.70 bits per heavy atom. The summed E-state index contributed by atoms with van der Waals surface area (Å²) in [6.07, 6.45) is 3.24. The van der Waals surface area contributed by atoms with Crippen LogP contribution in [0.4, 0.5) is 0 Å². The van der Waals surface area contributed by atoms with E-state index in [1.807, 2.05) is 29.2 Å². The van der Waals surface area contributed by atoms with Gasteiger partial charge in [-0.2, -0.15) is 0 Å². The van der Waals surface area contributed by atoms with E-state index in [2.05, 4.69) is 0 Å². The highest BCUT2D eigenvalue weighted by atomic mass is 16.5. The number of amides is 1. The van der Waals surface area contributed by atoms with Gasteiger partial charge < -0.3 is 14.7 Å².